The number of β-amino-alcohol motifs (C(OH)–C–C–N with tert-alkyl or cyclic N) is 1. The van der Waals surface area contributed by atoms with Gasteiger partial charge in [-0.05, 0) is 61.4 Å². The van der Waals surface area contributed by atoms with E-state index in [0.29, 0.717) is 48.9 Å². The molecule has 5 rings (SSSR count). The fraction of sp³-hybridized carbons (Fsp3) is 0.296. The van der Waals surface area contributed by atoms with Crippen LogP contribution in [0.15, 0.2) is 61.1 Å². The molecule has 1 aliphatic rings. The number of carbonyl (C=O) groups excluding carboxylic acids is 1. The molecule has 39 heavy (non-hydrogen) atoms. The van der Waals surface area contributed by atoms with E-state index in [2.05, 4.69) is 15.3 Å². The first kappa shape index (κ1) is 26.4. The first-order chi connectivity index (χ1) is 18.6. The number of hydrogen-bond acceptors (Lipinski definition) is 7. The standard InChI is InChI=1S/C27H27F3N6O3/c1-16-11-18(5-6-23(16)39-20-4-2-3-17(12-20)27(28,29)30)34-26-24-21(32-15-33-26)7-8-35(24)9-10-36-14-19(37)13-22(36)25(31)38/h2-8,11-12,15,19,22,37H,9-10,13-14H2,1H3,(H2,31,38)(H,32,33,34)/t19-,22+/m1/s1. The maximum absolute atomic E-state index is 13.0. The quantitative estimate of drug-likeness (QED) is 0.306. The monoisotopic (exact) mass is 540 g/mol. The van der Waals surface area contributed by atoms with Gasteiger partial charge in [-0.3, -0.25) is 9.69 Å². The number of hydrogen-bond donors (Lipinski definition) is 3. The number of anilines is 2. The van der Waals surface area contributed by atoms with Crippen molar-refractivity contribution in [1.82, 2.24) is 19.4 Å². The molecule has 0 bridgehead atoms. The number of aryl methyl sites for hydroxylation is 1. The fourth-order valence-electron chi connectivity index (χ4n) is 4.81. The summed E-state index contributed by atoms with van der Waals surface area (Å²) in [6.07, 6.45) is -1.39. The van der Waals surface area contributed by atoms with Crippen LogP contribution in [-0.2, 0) is 17.5 Å². The fourth-order valence-corrected chi connectivity index (χ4v) is 4.81. The van der Waals surface area contributed by atoms with Gasteiger partial charge in [0, 0.05) is 31.5 Å². The Kier molecular flexibility index (Phi) is 7.15. The number of halogens is 3. The van der Waals surface area contributed by atoms with Crippen LogP contribution in [0.1, 0.15) is 17.5 Å². The maximum Gasteiger partial charge on any atom is 0.416 e. The number of likely N-dealkylation sites (tertiary alicyclic amines) is 1. The van der Waals surface area contributed by atoms with Crippen molar-refractivity contribution in [1.29, 1.82) is 0 Å². The summed E-state index contributed by atoms with van der Waals surface area (Å²) >= 11 is 0. The van der Waals surface area contributed by atoms with Crippen molar-refractivity contribution >= 4 is 28.4 Å². The molecule has 1 saturated heterocycles. The van der Waals surface area contributed by atoms with E-state index in [1.54, 1.807) is 19.1 Å². The largest absolute Gasteiger partial charge is 0.457 e. The summed E-state index contributed by atoms with van der Waals surface area (Å²) in [6, 6.07) is 11.3. The summed E-state index contributed by atoms with van der Waals surface area (Å²) in [6.45, 7) is 3.20. The van der Waals surface area contributed by atoms with Crippen LogP contribution >= 0.6 is 0 Å². The molecule has 204 valence electrons. The number of ether oxygens (including phenoxy) is 1. The number of rotatable bonds is 8. The van der Waals surface area contributed by atoms with Gasteiger partial charge in [0.1, 0.15) is 23.3 Å². The lowest BCUT2D eigenvalue weighted by molar-refractivity contribution is -0.137. The number of alkyl halides is 3. The first-order valence-electron chi connectivity index (χ1n) is 12.3. The molecule has 3 heterocycles. The SMILES string of the molecule is Cc1cc(Nc2ncnc3ccn(CCN4C[C@H](O)C[C@H]4C(N)=O)c23)ccc1Oc1cccc(C(F)(F)F)c1. The van der Waals surface area contributed by atoms with E-state index in [1.807, 2.05) is 27.8 Å². The number of aliphatic hydroxyl groups is 1. The molecule has 0 spiro atoms. The first-order valence-corrected chi connectivity index (χ1v) is 12.3. The average molecular weight is 541 g/mol. The number of amides is 1. The zero-order chi connectivity index (χ0) is 27.7. The number of fused-ring (bicyclic) bond motifs is 1. The van der Waals surface area contributed by atoms with Gasteiger partial charge in [-0.1, -0.05) is 6.07 Å². The Labute approximate surface area is 222 Å². The lowest BCUT2D eigenvalue weighted by Gasteiger charge is -2.22. The van der Waals surface area contributed by atoms with Crippen molar-refractivity contribution in [2.75, 3.05) is 18.4 Å². The van der Waals surface area contributed by atoms with Crippen molar-refractivity contribution in [3.05, 3.63) is 72.2 Å². The number of nitrogens with one attached hydrogen (secondary N) is 1. The molecule has 1 amide bonds. The molecule has 0 saturated carbocycles. The molecule has 0 unspecified atom stereocenters. The van der Waals surface area contributed by atoms with E-state index in [4.69, 9.17) is 10.5 Å². The molecule has 1 fully saturated rings. The third-order valence-electron chi connectivity index (χ3n) is 6.71. The number of benzene rings is 2. The number of aromatic nitrogens is 3. The number of nitrogens with zero attached hydrogens (tertiary/aromatic N) is 4. The third kappa shape index (κ3) is 5.81. The number of primary amides is 1. The summed E-state index contributed by atoms with van der Waals surface area (Å²) in [5.74, 6) is 0.621. The molecule has 0 aliphatic carbocycles. The Hall–Kier alpha value is -4.16. The lowest BCUT2D eigenvalue weighted by Crippen LogP contribution is -2.41. The van der Waals surface area contributed by atoms with E-state index in [9.17, 15) is 23.1 Å². The Morgan fingerprint density at radius 1 is 1.18 bits per heavy atom. The molecule has 1 aliphatic heterocycles. The van der Waals surface area contributed by atoms with Gasteiger partial charge in [-0.25, -0.2) is 9.97 Å². The highest BCUT2D eigenvalue weighted by Crippen LogP contribution is 2.34. The number of carbonyl (C=O) groups is 1. The van der Waals surface area contributed by atoms with Crippen LogP contribution in [0.25, 0.3) is 11.0 Å². The second-order valence-electron chi connectivity index (χ2n) is 9.50. The molecule has 4 N–H and O–H groups in total. The number of aliphatic hydroxyl groups excluding tert-OH is 1. The minimum Gasteiger partial charge on any atom is -0.457 e. The maximum atomic E-state index is 13.0. The highest BCUT2D eigenvalue weighted by atomic mass is 19.4. The zero-order valence-corrected chi connectivity index (χ0v) is 21.0. The van der Waals surface area contributed by atoms with Crippen LogP contribution in [0, 0.1) is 6.92 Å². The van der Waals surface area contributed by atoms with E-state index < -0.39 is 29.8 Å². The third-order valence-corrected chi connectivity index (χ3v) is 6.71. The van der Waals surface area contributed by atoms with E-state index >= 15 is 0 Å². The Bertz CT molecular complexity index is 1510. The average Bonchev–Trinajstić information content (AvgIpc) is 3.48. The summed E-state index contributed by atoms with van der Waals surface area (Å²) in [5.41, 5.74) is 7.62. The van der Waals surface area contributed by atoms with Gasteiger partial charge in [0.2, 0.25) is 5.91 Å². The summed E-state index contributed by atoms with van der Waals surface area (Å²) in [7, 11) is 0. The van der Waals surface area contributed by atoms with Crippen LogP contribution in [0.2, 0.25) is 0 Å². The second kappa shape index (κ2) is 10.5. The normalized spacial score (nSPS) is 18.0. The van der Waals surface area contributed by atoms with Crippen LogP contribution in [-0.4, -0.2) is 55.7 Å². The van der Waals surface area contributed by atoms with Crippen LogP contribution in [0.3, 0.4) is 0 Å². The second-order valence-corrected chi connectivity index (χ2v) is 9.50. The molecule has 2 atom stereocenters. The summed E-state index contributed by atoms with van der Waals surface area (Å²) in [5, 5.41) is 13.3. The molecular formula is C27H27F3N6O3. The zero-order valence-electron chi connectivity index (χ0n) is 21.0. The molecular weight excluding hydrogens is 513 g/mol. The summed E-state index contributed by atoms with van der Waals surface area (Å²) < 4.78 is 46.8. The summed E-state index contributed by atoms with van der Waals surface area (Å²) in [4.78, 5) is 22.4. The molecule has 4 aromatic rings. The van der Waals surface area contributed by atoms with Gasteiger partial charge in [0.25, 0.3) is 0 Å². The van der Waals surface area contributed by atoms with Crippen LogP contribution < -0.4 is 15.8 Å². The Morgan fingerprint density at radius 3 is 2.74 bits per heavy atom. The van der Waals surface area contributed by atoms with Gasteiger partial charge < -0.3 is 25.5 Å². The minimum atomic E-state index is -4.46. The Morgan fingerprint density at radius 2 is 2.00 bits per heavy atom. The molecule has 12 heteroatoms. The highest BCUT2D eigenvalue weighted by molar-refractivity contribution is 5.88. The van der Waals surface area contributed by atoms with Crippen molar-refractivity contribution in [3.63, 3.8) is 0 Å². The van der Waals surface area contributed by atoms with Crippen LogP contribution in [0.5, 0.6) is 11.5 Å². The smallest absolute Gasteiger partial charge is 0.416 e. The molecule has 0 radical (unpaired) electrons. The highest BCUT2D eigenvalue weighted by Gasteiger charge is 2.34. The predicted octanol–water partition coefficient (Wildman–Crippen LogP) is 4.21. The lowest BCUT2D eigenvalue weighted by atomic mass is 10.2. The van der Waals surface area contributed by atoms with Gasteiger partial charge in [-0.15, -0.1) is 0 Å². The van der Waals surface area contributed by atoms with Gasteiger partial charge in [0.15, 0.2) is 5.82 Å². The van der Waals surface area contributed by atoms with Crippen molar-refractivity contribution in [3.8, 4) is 11.5 Å². The molecule has 2 aromatic heterocycles. The van der Waals surface area contributed by atoms with Crippen molar-refractivity contribution < 1.29 is 27.8 Å². The van der Waals surface area contributed by atoms with E-state index in [-0.39, 0.29) is 5.75 Å². The number of nitrogens with two attached hydrogens (primary N) is 1. The topological polar surface area (TPSA) is 119 Å². The Balaban J connectivity index is 1.33. The van der Waals surface area contributed by atoms with E-state index in [0.717, 1.165) is 23.2 Å². The minimum absolute atomic E-state index is 0.0908. The van der Waals surface area contributed by atoms with Gasteiger partial charge in [-0.2, -0.15) is 13.2 Å². The van der Waals surface area contributed by atoms with Crippen molar-refractivity contribution in [2.45, 2.75) is 38.2 Å². The molecule has 2 aromatic carbocycles. The van der Waals surface area contributed by atoms with Crippen LogP contribution in [0.4, 0.5) is 24.7 Å². The predicted molar refractivity (Wildman–Crippen MR) is 139 cm³/mol. The van der Waals surface area contributed by atoms with Gasteiger partial charge in [0.05, 0.1) is 23.2 Å². The molecule has 9 nitrogen and oxygen atoms in total. The van der Waals surface area contributed by atoms with Gasteiger partial charge >= 0.3 is 6.18 Å². The van der Waals surface area contributed by atoms with E-state index in [1.165, 1.54) is 18.5 Å². The van der Waals surface area contributed by atoms with Crippen molar-refractivity contribution in [2.24, 2.45) is 5.73 Å².